The van der Waals surface area contributed by atoms with Crippen molar-refractivity contribution in [2.24, 2.45) is 5.73 Å². The van der Waals surface area contributed by atoms with Gasteiger partial charge in [0, 0.05) is 32.3 Å². The van der Waals surface area contributed by atoms with Crippen molar-refractivity contribution in [3.63, 3.8) is 0 Å². The van der Waals surface area contributed by atoms with E-state index in [9.17, 15) is 4.79 Å². The van der Waals surface area contributed by atoms with Crippen LogP contribution in [0.15, 0.2) is 18.3 Å². The van der Waals surface area contributed by atoms with E-state index in [-0.39, 0.29) is 5.91 Å². The SMILES string of the molecule is NCCCC(=O)NCc1ccnc(N2CCCC2)c1. The highest BCUT2D eigenvalue weighted by molar-refractivity contribution is 5.75. The molecule has 0 unspecified atom stereocenters. The summed E-state index contributed by atoms with van der Waals surface area (Å²) >= 11 is 0. The van der Waals surface area contributed by atoms with E-state index in [2.05, 4.69) is 21.3 Å². The van der Waals surface area contributed by atoms with Crippen LogP contribution in [0.25, 0.3) is 0 Å². The first kappa shape index (κ1) is 13.8. The van der Waals surface area contributed by atoms with E-state index in [4.69, 9.17) is 5.73 Å². The average Bonchev–Trinajstić information content (AvgIpc) is 2.97. The Kier molecular flexibility index (Phi) is 5.15. The van der Waals surface area contributed by atoms with Crippen LogP contribution in [-0.2, 0) is 11.3 Å². The zero-order valence-electron chi connectivity index (χ0n) is 11.3. The van der Waals surface area contributed by atoms with E-state index in [0.29, 0.717) is 19.5 Å². The molecule has 2 heterocycles. The Hall–Kier alpha value is -1.62. The quantitative estimate of drug-likeness (QED) is 0.803. The number of nitrogens with one attached hydrogen (secondary N) is 1. The Bertz CT molecular complexity index is 416. The predicted molar refractivity (Wildman–Crippen MR) is 75.8 cm³/mol. The lowest BCUT2D eigenvalue weighted by atomic mass is 10.2. The summed E-state index contributed by atoms with van der Waals surface area (Å²) in [6, 6.07) is 4.01. The Balaban J connectivity index is 1.86. The van der Waals surface area contributed by atoms with Crippen LogP contribution < -0.4 is 16.0 Å². The summed E-state index contributed by atoms with van der Waals surface area (Å²) in [5, 5.41) is 2.91. The van der Waals surface area contributed by atoms with E-state index in [1.807, 2.05) is 12.3 Å². The first-order valence-corrected chi connectivity index (χ1v) is 6.96. The molecular weight excluding hydrogens is 240 g/mol. The third-order valence-electron chi connectivity index (χ3n) is 3.34. The molecule has 2 rings (SSSR count). The molecule has 0 atom stereocenters. The van der Waals surface area contributed by atoms with Gasteiger partial charge in [-0.2, -0.15) is 0 Å². The smallest absolute Gasteiger partial charge is 0.220 e. The second-order valence-corrected chi connectivity index (χ2v) is 4.89. The molecule has 104 valence electrons. The Morgan fingerprint density at radius 1 is 1.42 bits per heavy atom. The molecule has 1 aliphatic rings. The number of anilines is 1. The molecule has 1 amide bonds. The maximum Gasteiger partial charge on any atom is 0.220 e. The van der Waals surface area contributed by atoms with Gasteiger partial charge >= 0.3 is 0 Å². The van der Waals surface area contributed by atoms with Crippen LogP contribution >= 0.6 is 0 Å². The molecule has 1 aliphatic heterocycles. The molecule has 0 spiro atoms. The Labute approximate surface area is 114 Å². The number of amides is 1. The molecule has 0 radical (unpaired) electrons. The van der Waals surface area contributed by atoms with E-state index in [1.54, 1.807) is 0 Å². The second-order valence-electron chi connectivity index (χ2n) is 4.89. The van der Waals surface area contributed by atoms with Crippen molar-refractivity contribution in [3.05, 3.63) is 23.9 Å². The van der Waals surface area contributed by atoms with E-state index in [0.717, 1.165) is 30.9 Å². The molecule has 0 aliphatic carbocycles. The molecule has 1 fully saturated rings. The van der Waals surface area contributed by atoms with Gasteiger partial charge in [-0.1, -0.05) is 0 Å². The van der Waals surface area contributed by atoms with Gasteiger partial charge in [0.15, 0.2) is 0 Å². The minimum Gasteiger partial charge on any atom is -0.357 e. The number of carbonyl (C=O) groups is 1. The molecule has 0 aromatic carbocycles. The monoisotopic (exact) mass is 262 g/mol. The van der Waals surface area contributed by atoms with Crippen molar-refractivity contribution >= 4 is 11.7 Å². The van der Waals surface area contributed by atoms with Crippen LogP contribution in [0.5, 0.6) is 0 Å². The summed E-state index contributed by atoms with van der Waals surface area (Å²) in [5.74, 6) is 1.08. The lowest BCUT2D eigenvalue weighted by Gasteiger charge is -2.17. The summed E-state index contributed by atoms with van der Waals surface area (Å²) in [4.78, 5) is 18.2. The van der Waals surface area contributed by atoms with Crippen molar-refractivity contribution in [1.29, 1.82) is 0 Å². The molecule has 19 heavy (non-hydrogen) atoms. The maximum atomic E-state index is 11.5. The lowest BCUT2D eigenvalue weighted by Crippen LogP contribution is -2.24. The van der Waals surface area contributed by atoms with Crippen molar-refractivity contribution in [2.75, 3.05) is 24.5 Å². The standard InChI is InChI=1S/C14H22N4O/c15-6-3-4-14(19)17-11-12-5-7-16-13(10-12)18-8-1-2-9-18/h5,7,10H,1-4,6,8-9,11,15H2,(H,17,19). The normalized spacial score (nSPS) is 14.7. The first-order valence-electron chi connectivity index (χ1n) is 6.96. The van der Waals surface area contributed by atoms with Crippen LogP contribution in [-0.4, -0.2) is 30.5 Å². The largest absolute Gasteiger partial charge is 0.357 e. The molecule has 1 aromatic rings. The number of aromatic nitrogens is 1. The highest BCUT2D eigenvalue weighted by Crippen LogP contribution is 2.18. The van der Waals surface area contributed by atoms with E-state index < -0.39 is 0 Å². The number of hydrogen-bond acceptors (Lipinski definition) is 4. The minimum atomic E-state index is 0.0602. The van der Waals surface area contributed by atoms with Gasteiger partial charge in [0.25, 0.3) is 0 Å². The highest BCUT2D eigenvalue weighted by atomic mass is 16.1. The third kappa shape index (κ3) is 4.21. The fourth-order valence-corrected chi connectivity index (χ4v) is 2.24. The van der Waals surface area contributed by atoms with Gasteiger partial charge in [0.05, 0.1) is 0 Å². The number of nitrogens with zero attached hydrogens (tertiary/aromatic N) is 2. The maximum absolute atomic E-state index is 11.5. The Morgan fingerprint density at radius 2 is 2.21 bits per heavy atom. The highest BCUT2D eigenvalue weighted by Gasteiger charge is 2.13. The number of carbonyl (C=O) groups excluding carboxylic acids is 1. The first-order chi connectivity index (χ1) is 9.29. The van der Waals surface area contributed by atoms with Gasteiger partial charge in [-0.3, -0.25) is 4.79 Å². The average molecular weight is 262 g/mol. The zero-order chi connectivity index (χ0) is 13.5. The Morgan fingerprint density at radius 3 is 2.95 bits per heavy atom. The van der Waals surface area contributed by atoms with Crippen LogP contribution in [0.4, 0.5) is 5.82 Å². The molecule has 0 saturated carbocycles. The van der Waals surface area contributed by atoms with Crippen LogP contribution in [0.1, 0.15) is 31.2 Å². The van der Waals surface area contributed by atoms with E-state index in [1.165, 1.54) is 12.8 Å². The third-order valence-corrected chi connectivity index (χ3v) is 3.34. The van der Waals surface area contributed by atoms with Crippen molar-refractivity contribution in [3.8, 4) is 0 Å². The lowest BCUT2D eigenvalue weighted by molar-refractivity contribution is -0.121. The fourth-order valence-electron chi connectivity index (χ4n) is 2.24. The summed E-state index contributed by atoms with van der Waals surface area (Å²) in [5.41, 5.74) is 6.48. The van der Waals surface area contributed by atoms with Crippen molar-refractivity contribution in [2.45, 2.75) is 32.2 Å². The summed E-state index contributed by atoms with van der Waals surface area (Å²) in [6.45, 7) is 3.28. The molecular formula is C14H22N4O. The number of rotatable bonds is 6. The molecule has 1 saturated heterocycles. The van der Waals surface area contributed by atoms with Gasteiger partial charge in [-0.25, -0.2) is 4.98 Å². The fraction of sp³-hybridized carbons (Fsp3) is 0.571. The van der Waals surface area contributed by atoms with Crippen LogP contribution in [0, 0.1) is 0 Å². The van der Waals surface area contributed by atoms with Crippen molar-refractivity contribution < 1.29 is 4.79 Å². The van der Waals surface area contributed by atoms with Crippen LogP contribution in [0.3, 0.4) is 0 Å². The van der Waals surface area contributed by atoms with Crippen molar-refractivity contribution in [1.82, 2.24) is 10.3 Å². The molecule has 0 bridgehead atoms. The summed E-state index contributed by atoms with van der Waals surface area (Å²) in [6.07, 6.45) is 5.53. The second kappa shape index (κ2) is 7.09. The molecule has 5 nitrogen and oxygen atoms in total. The molecule has 5 heteroatoms. The van der Waals surface area contributed by atoms with Gasteiger partial charge in [0.2, 0.25) is 5.91 Å². The van der Waals surface area contributed by atoms with Gasteiger partial charge < -0.3 is 16.0 Å². The predicted octanol–water partition coefficient (Wildman–Crippen LogP) is 1.04. The summed E-state index contributed by atoms with van der Waals surface area (Å²) < 4.78 is 0. The van der Waals surface area contributed by atoms with Gasteiger partial charge in [-0.15, -0.1) is 0 Å². The minimum absolute atomic E-state index is 0.0602. The zero-order valence-corrected chi connectivity index (χ0v) is 11.3. The van der Waals surface area contributed by atoms with Gasteiger partial charge in [-0.05, 0) is 43.5 Å². The van der Waals surface area contributed by atoms with Gasteiger partial charge in [0.1, 0.15) is 5.82 Å². The summed E-state index contributed by atoms with van der Waals surface area (Å²) in [7, 11) is 0. The number of hydrogen-bond donors (Lipinski definition) is 2. The molecule has 1 aromatic heterocycles. The number of nitrogens with two attached hydrogens (primary N) is 1. The number of pyridine rings is 1. The van der Waals surface area contributed by atoms with Crippen LogP contribution in [0.2, 0.25) is 0 Å². The topological polar surface area (TPSA) is 71.2 Å². The van der Waals surface area contributed by atoms with E-state index >= 15 is 0 Å². The molecule has 3 N–H and O–H groups in total.